The number of fused-ring (bicyclic) bond motifs is 3. The zero-order chi connectivity index (χ0) is 22.0. The Bertz CT molecular complexity index is 1320. The molecule has 0 saturated heterocycles. The van der Waals surface area contributed by atoms with Crippen molar-refractivity contribution >= 4 is 57.6 Å². The molecule has 2 aromatic heterocycles. The summed E-state index contributed by atoms with van der Waals surface area (Å²) in [6, 6.07) is 12.5. The van der Waals surface area contributed by atoms with Gasteiger partial charge in [-0.15, -0.1) is 10.2 Å². The van der Waals surface area contributed by atoms with Gasteiger partial charge in [0.2, 0.25) is 11.7 Å². The first kappa shape index (κ1) is 21.7. The number of benzene rings is 2. The Labute approximate surface area is 192 Å². The molecule has 0 aliphatic rings. The lowest BCUT2D eigenvalue weighted by Crippen LogP contribution is -2.25. The maximum atomic E-state index is 12.9. The second-order valence-corrected chi connectivity index (χ2v) is 8.74. The SMILES string of the molecule is CCCn1c(=O)c2cc(Cl)ccc2n2c(SCC(=O)NCc3ccc(Cl)cc3)nnc12. The quantitative estimate of drug-likeness (QED) is 0.405. The van der Waals surface area contributed by atoms with Crippen LogP contribution < -0.4 is 10.9 Å². The Morgan fingerprint density at radius 1 is 1.10 bits per heavy atom. The van der Waals surface area contributed by atoms with Crippen molar-refractivity contribution in [2.45, 2.75) is 31.6 Å². The monoisotopic (exact) mass is 475 g/mol. The molecule has 0 bridgehead atoms. The van der Waals surface area contributed by atoms with Crippen LogP contribution in [-0.2, 0) is 17.9 Å². The zero-order valence-electron chi connectivity index (χ0n) is 16.6. The number of hydrogen-bond acceptors (Lipinski definition) is 5. The molecule has 2 aromatic carbocycles. The van der Waals surface area contributed by atoms with Crippen molar-refractivity contribution in [2.75, 3.05) is 5.75 Å². The van der Waals surface area contributed by atoms with Crippen LogP contribution in [0, 0.1) is 0 Å². The lowest BCUT2D eigenvalue weighted by molar-refractivity contribution is -0.118. The maximum Gasteiger partial charge on any atom is 0.262 e. The fraction of sp³-hybridized carbons (Fsp3) is 0.238. The van der Waals surface area contributed by atoms with Gasteiger partial charge in [0.15, 0.2) is 5.16 Å². The molecule has 0 atom stereocenters. The highest BCUT2D eigenvalue weighted by Crippen LogP contribution is 2.23. The standard InChI is InChI=1S/C21H19Cl2N5O2S/c1-2-9-27-19(30)16-10-15(23)7-8-17(16)28-20(27)25-26-21(28)31-12-18(29)24-11-13-3-5-14(22)6-4-13/h3-8,10H,2,9,11-12H2,1H3,(H,24,29). The van der Waals surface area contributed by atoms with Crippen molar-refractivity contribution in [3.63, 3.8) is 0 Å². The molecule has 0 spiro atoms. The summed E-state index contributed by atoms with van der Waals surface area (Å²) in [6.45, 7) is 2.91. The van der Waals surface area contributed by atoms with Crippen molar-refractivity contribution < 1.29 is 4.79 Å². The third kappa shape index (κ3) is 4.56. The summed E-state index contributed by atoms with van der Waals surface area (Å²) in [4.78, 5) is 25.3. The Balaban J connectivity index is 1.59. The molecule has 0 radical (unpaired) electrons. The van der Waals surface area contributed by atoms with Crippen molar-refractivity contribution in [1.29, 1.82) is 0 Å². The summed E-state index contributed by atoms with van der Waals surface area (Å²) in [7, 11) is 0. The lowest BCUT2D eigenvalue weighted by Gasteiger charge is -2.11. The number of nitrogens with one attached hydrogen (secondary N) is 1. The number of amides is 1. The van der Waals surface area contributed by atoms with E-state index in [9.17, 15) is 9.59 Å². The average molecular weight is 476 g/mol. The molecule has 31 heavy (non-hydrogen) atoms. The smallest absolute Gasteiger partial charge is 0.262 e. The van der Waals surface area contributed by atoms with E-state index in [1.54, 1.807) is 39.3 Å². The third-order valence-electron chi connectivity index (χ3n) is 4.72. The summed E-state index contributed by atoms with van der Waals surface area (Å²) in [5.41, 5.74) is 1.46. The Kier molecular flexibility index (Phi) is 6.50. The second-order valence-electron chi connectivity index (χ2n) is 6.93. The van der Waals surface area contributed by atoms with Crippen LogP contribution in [-0.4, -0.2) is 30.8 Å². The number of hydrogen-bond donors (Lipinski definition) is 1. The average Bonchev–Trinajstić information content (AvgIpc) is 3.18. The normalized spacial score (nSPS) is 11.3. The number of rotatable bonds is 7. The van der Waals surface area contributed by atoms with Crippen LogP contribution in [0.2, 0.25) is 10.0 Å². The van der Waals surface area contributed by atoms with Crippen LogP contribution in [0.4, 0.5) is 0 Å². The van der Waals surface area contributed by atoms with Gasteiger partial charge in [0.25, 0.3) is 5.56 Å². The van der Waals surface area contributed by atoms with Crippen LogP contribution in [0.15, 0.2) is 52.4 Å². The summed E-state index contributed by atoms with van der Waals surface area (Å²) in [5.74, 6) is 0.479. The summed E-state index contributed by atoms with van der Waals surface area (Å²) in [5, 5.41) is 13.5. The predicted octanol–water partition coefficient (Wildman–Crippen LogP) is 4.17. The van der Waals surface area contributed by atoms with Gasteiger partial charge >= 0.3 is 0 Å². The summed E-state index contributed by atoms with van der Waals surface area (Å²) < 4.78 is 3.40. The van der Waals surface area contributed by atoms with Crippen LogP contribution in [0.1, 0.15) is 18.9 Å². The predicted molar refractivity (Wildman–Crippen MR) is 124 cm³/mol. The van der Waals surface area contributed by atoms with Gasteiger partial charge in [-0.3, -0.25) is 18.6 Å². The molecular weight excluding hydrogens is 457 g/mol. The van der Waals surface area contributed by atoms with Gasteiger partial charge in [-0.25, -0.2) is 0 Å². The van der Waals surface area contributed by atoms with E-state index in [1.165, 1.54) is 11.8 Å². The van der Waals surface area contributed by atoms with Gasteiger partial charge in [-0.05, 0) is 42.3 Å². The van der Waals surface area contributed by atoms with Gasteiger partial charge in [0.05, 0.1) is 16.7 Å². The topological polar surface area (TPSA) is 81.3 Å². The van der Waals surface area contributed by atoms with E-state index >= 15 is 0 Å². The van der Waals surface area contributed by atoms with E-state index in [0.29, 0.717) is 45.0 Å². The van der Waals surface area contributed by atoms with Crippen molar-refractivity contribution in [3.05, 3.63) is 68.4 Å². The van der Waals surface area contributed by atoms with Gasteiger partial charge in [0, 0.05) is 23.1 Å². The third-order valence-corrected chi connectivity index (χ3v) is 6.13. The Hall–Kier alpha value is -2.55. The number of nitrogens with zero attached hydrogens (tertiary/aromatic N) is 4. The van der Waals surface area contributed by atoms with Gasteiger partial charge in [-0.1, -0.05) is 54.0 Å². The number of halogens is 2. The van der Waals surface area contributed by atoms with Gasteiger partial charge in [0.1, 0.15) is 0 Å². The number of carbonyl (C=O) groups is 1. The highest BCUT2D eigenvalue weighted by molar-refractivity contribution is 7.99. The van der Waals surface area contributed by atoms with Crippen molar-refractivity contribution in [1.82, 2.24) is 24.5 Å². The van der Waals surface area contributed by atoms with Crippen LogP contribution >= 0.6 is 35.0 Å². The van der Waals surface area contributed by atoms with Gasteiger partial charge in [-0.2, -0.15) is 0 Å². The highest BCUT2D eigenvalue weighted by atomic mass is 35.5. The summed E-state index contributed by atoms with van der Waals surface area (Å²) >= 11 is 13.3. The molecule has 1 amide bonds. The summed E-state index contributed by atoms with van der Waals surface area (Å²) in [6.07, 6.45) is 0.768. The fourth-order valence-corrected chi connectivity index (χ4v) is 4.33. The molecule has 7 nitrogen and oxygen atoms in total. The largest absolute Gasteiger partial charge is 0.351 e. The van der Waals surface area contributed by atoms with Crippen molar-refractivity contribution in [2.24, 2.45) is 0 Å². The fourth-order valence-electron chi connectivity index (χ4n) is 3.26. The van der Waals surface area contributed by atoms with E-state index in [-0.39, 0.29) is 17.2 Å². The lowest BCUT2D eigenvalue weighted by atomic mass is 10.2. The molecule has 0 saturated carbocycles. The Morgan fingerprint density at radius 3 is 2.58 bits per heavy atom. The molecule has 10 heteroatoms. The maximum absolute atomic E-state index is 12.9. The van der Waals surface area contributed by atoms with E-state index in [2.05, 4.69) is 15.5 Å². The molecule has 160 valence electrons. The molecule has 4 rings (SSSR count). The minimum Gasteiger partial charge on any atom is -0.351 e. The Morgan fingerprint density at radius 2 is 1.84 bits per heavy atom. The first-order valence-electron chi connectivity index (χ1n) is 9.69. The van der Waals surface area contributed by atoms with E-state index in [4.69, 9.17) is 23.2 Å². The number of thioether (sulfide) groups is 1. The van der Waals surface area contributed by atoms with Crippen molar-refractivity contribution in [3.8, 4) is 0 Å². The minimum absolute atomic E-state index is 0.133. The number of aromatic nitrogens is 4. The van der Waals surface area contributed by atoms with Crippen LogP contribution in [0.3, 0.4) is 0 Å². The first-order valence-corrected chi connectivity index (χ1v) is 11.4. The molecule has 4 aromatic rings. The minimum atomic E-state index is -0.156. The number of carbonyl (C=O) groups excluding carboxylic acids is 1. The van der Waals surface area contributed by atoms with E-state index in [0.717, 1.165) is 12.0 Å². The van der Waals surface area contributed by atoms with E-state index < -0.39 is 0 Å². The molecule has 2 heterocycles. The number of aryl methyl sites for hydroxylation is 1. The van der Waals surface area contributed by atoms with Crippen LogP contribution in [0.25, 0.3) is 16.7 Å². The van der Waals surface area contributed by atoms with Gasteiger partial charge < -0.3 is 5.32 Å². The highest BCUT2D eigenvalue weighted by Gasteiger charge is 2.17. The molecule has 0 aliphatic carbocycles. The molecule has 0 fully saturated rings. The zero-order valence-corrected chi connectivity index (χ0v) is 19.0. The molecule has 0 unspecified atom stereocenters. The second kappa shape index (κ2) is 9.30. The van der Waals surface area contributed by atoms with E-state index in [1.807, 2.05) is 19.1 Å². The molecule has 0 aliphatic heterocycles. The molecule has 1 N–H and O–H groups in total. The van der Waals surface area contributed by atoms with Crippen LogP contribution in [0.5, 0.6) is 0 Å². The first-order chi connectivity index (χ1) is 15.0. The molecular formula is C21H19Cl2N5O2S.